The molecule has 0 bridgehead atoms. The van der Waals surface area contributed by atoms with Crippen molar-refractivity contribution in [2.75, 3.05) is 31.8 Å². The highest BCUT2D eigenvalue weighted by molar-refractivity contribution is 7.89. The van der Waals surface area contributed by atoms with Crippen LogP contribution in [0, 0.1) is 0 Å². The first-order valence-corrected chi connectivity index (χ1v) is 13.4. The number of ether oxygens (including phenoxy) is 2. The third kappa shape index (κ3) is 4.77. The Morgan fingerprint density at radius 2 is 2.14 bits per heavy atom. The number of fused-ring (bicyclic) bond motifs is 1. The molecule has 1 aliphatic carbocycles. The number of anilines is 1. The number of rotatable bonds is 8. The lowest BCUT2D eigenvalue weighted by molar-refractivity contribution is -0.0221. The van der Waals surface area contributed by atoms with E-state index in [-0.39, 0.29) is 22.0 Å². The van der Waals surface area contributed by atoms with Crippen LogP contribution < -0.4 is 9.62 Å². The van der Waals surface area contributed by atoms with Gasteiger partial charge in [-0.25, -0.2) is 26.9 Å². The van der Waals surface area contributed by atoms with Crippen molar-refractivity contribution < 1.29 is 26.7 Å². The maximum absolute atomic E-state index is 13.3. The normalized spacial score (nSPS) is 22.3. The van der Waals surface area contributed by atoms with Gasteiger partial charge >= 0.3 is 0 Å². The average molecular weight is 529 g/mol. The van der Waals surface area contributed by atoms with Gasteiger partial charge in [0.05, 0.1) is 31.2 Å². The summed E-state index contributed by atoms with van der Waals surface area (Å²) in [6.45, 7) is 5.12. The number of hydrogen-bond donors (Lipinski definition) is 1. The van der Waals surface area contributed by atoms with E-state index in [1.54, 1.807) is 17.6 Å². The molecule has 2 fully saturated rings. The van der Waals surface area contributed by atoms with Crippen LogP contribution in [-0.4, -0.2) is 72.6 Å². The van der Waals surface area contributed by atoms with Crippen LogP contribution in [0.1, 0.15) is 38.1 Å². The Morgan fingerprint density at radius 3 is 2.80 bits per heavy atom. The van der Waals surface area contributed by atoms with Crippen LogP contribution in [-0.2, 0) is 19.5 Å². The molecule has 190 valence electrons. The third-order valence-electron chi connectivity index (χ3n) is 6.27. The standard InChI is InChI=1S/C21H26F2N6O4S2/c1-12-10-33-13(11-32-3)8-28(12)15-6-14(35(30,31)27-21(2)4-5-21)9-29-16(7-24-18(15)29)19-25-26-20(34-19)17(22)23/h6-7,9,12-13,17,27H,4-5,8,10-11H2,1-3H3/t12-,13+/m0/s1. The largest absolute Gasteiger partial charge is 0.382 e. The first-order valence-electron chi connectivity index (χ1n) is 11.1. The lowest BCUT2D eigenvalue weighted by Gasteiger charge is -2.39. The molecule has 14 heteroatoms. The summed E-state index contributed by atoms with van der Waals surface area (Å²) in [6, 6.07) is 1.54. The van der Waals surface area contributed by atoms with Crippen LogP contribution in [0.4, 0.5) is 14.5 Å². The fourth-order valence-corrected chi connectivity index (χ4v) is 6.29. The van der Waals surface area contributed by atoms with Crippen LogP contribution in [0.15, 0.2) is 23.4 Å². The number of halogens is 2. The van der Waals surface area contributed by atoms with Crippen molar-refractivity contribution in [3.05, 3.63) is 23.5 Å². The average Bonchev–Trinajstić information content (AvgIpc) is 3.18. The highest BCUT2D eigenvalue weighted by atomic mass is 32.2. The van der Waals surface area contributed by atoms with Crippen molar-refractivity contribution in [3.63, 3.8) is 0 Å². The van der Waals surface area contributed by atoms with Crippen molar-refractivity contribution in [3.8, 4) is 10.7 Å². The second-order valence-electron chi connectivity index (χ2n) is 9.22. The molecule has 3 aromatic rings. The van der Waals surface area contributed by atoms with E-state index < -0.39 is 27.0 Å². The van der Waals surface area contributed by atoms with Crippen molar-refractivity contribution in [2.45, 2.75) is 55.7 Å². The highest BCUT2D eigenvalue weighted by Gasteiger charge is 2.42. The van der Waals surface area contributed by atoms with E-state index in [0.29, 0.717) is 36.8 Å². The predicted molar refractivity (Wildman–Crippen MR) is 125 cm³/mol. The molecule has 2 atom stereocenters. The Hall–Kier alpha value is -2.26. The van der Waals surface area contributed by atoms with Gasteiger partial charge in [0, 0.05) is 31.4 Å². The Morgan fingerprint density at radius 1 is 1.37 bits per heavy atom. The van der Waals surface area contributed by atoms with Gasteiger partial charge in [0.1, 0.15) is 10.6 Å². The quantitative estimate of drug-likeness (QED) is 0.475. The van der Waals surface area contributed by atoms with Gasteiger partial charge in [0.15, 0.2) is 15.7 Å². The summed E-state index contributed by atoms with van der Waals surface area (Å²) in [6.07, 6.45) is 1.53. The maximum atomic E-state index is 13.3. The zero-order chi connectivity index (χ0) is 25.0. The number of alkyl halides is 2. The van der Waals surface area contributed by atoms with Gasteiger partial charge in [-0.3, -0.25) is 4.40 Å². The van der Waals surface area contributed by atoms with E-state index in [9.17, 15) is 17.2 Å². The molecule has 10 nitrogen and oxygen atoms in total. The van der Waals surface area contributed by atoms with E-state index in [1.165, 1.54) is 12.4 Å². The molecule has 5 rings (SSSR count). The molecule has 1 saturated carbocycles. The zero-order valence-corrected chi connectivity index (χ0v) is 21.1. The second kappa shape index (κ2) is 9.00. The molecule has 3 aromatic heterocycles. The summed E-state index contributed by atoms with van der Waals surface area (Å²) in [5, 5.41) is 7.28. The summed E-state index contributed by atoms with van der Waals surface area (Å²) in [5.41, 5.74) is 0.994. The zero-order valence-electron chi connectivity index (χ0n) is 19.4. The molecule has 1 saturated heterocycles. The van der Waals surface area contributed by atoms with Gasteiger partial charge in [-0.05, 0) is 32.8 Å². The number of nitrogens with zero attached hydrogens (tertiary/aromatic N) is 5. The number of nitrogens with one attached hydrogen (secondary N) is 1. The number of pyridine rings is 1. The SMILES string of the molecule is COC[C@H]1CN(c2cc(S(=O)(=O)NC3(C)CC3)cn3c(-c4nnc(C(F)F)s4)cnc23)[C@@H](C)CO1. The van der Waals surface area contributed by atoms with Crippen LogP contribution in [0.5, 0.6) is 0 Å². The lowest BCUT2D eigenvalue weighted by atomic mass is 10.1. The molecule has 1 N–H and O–H groups in total. The fraction of sp³-hybridized carbons (Fsp3) is 0.571. The van der Waals surface area contributed by atoms with Crippen molar-refractivity contribution in [1.82, 2.24) is 24.3 Å². The van der Waals surface area contributed by atoms with Crippen LogP contribution in [0.25, 0.3) is 16.3 Å². The molecule has 0 unspecified atom stereocenters. The van der Waals surface area contributed by atoms with Gasteiger partial charge in [0.25, 0.3) is 6.43 Å². The topological polar surface area (TPSA) is 111 Å². The van der Waals surface area contributed by atoms with E-state index in [4.69, 9.17) is 9.47 Å². The minimum absolute atomic E-state index is 0.0490. The Bertz CT molecular complexity index is 1340. The monoisotopic (exact) mass is 528 g/mol. The highest BCUT2D eigenvalue weighted by Crippen LogP contribution is 2.38. The molecule has 2 aliphatic rings. The Kier molecular flexibility index (Phi) is 6.28. The molecule has 0 amide bonds. The van der Waals surface area contributed by atoms with Crippen molar-refractivity contribution in [2.24, 2.45) is 0 Å². The Labute approximate surface area is 205 Å². The van der Waals surface area contributed by atoms with Crippen molar-refractivity contribution >= 4 is 32.7 Å². The first-order chi connectivity index (χ1) is 16.6. The van der Waals surface area contributed by atoms with Crippen LogP contribution in [0.2, 0.25) is 0 Å². The molecular weight excluding hydrogens is 502 g/mol. The fourth-order valence-electron chi connectivity index (χ4n) is 4.10. The predicted octanol–water partition coefficient (Wildman–Crippen LogP) is 2.86. The number of morpholine rings is 1. The summed E-state index contributed by atoms with van der Waals surface area (Å²) in [4.78, 5) is 6.62. The van der Waals surface area contributed by atoms with Gasteiger partial charge in [-0.2, -0.15) is 0 Å². The van der Waals surface area contributed by atoms with Gasteiger partial charge < -0.3 is 14.4 Å². The van der Waals surface area contributed by atoms with Gasteiger partial charge in [-0.1, -0.05) is 11.3 Å². The lowest BCUT2D eigenvalue weighted by Crippen LogP contribution is -2.50. The minimum atomic E-state index is -3.87. The summed E-state index contributed by atoms with van der Waals surface area (Å²) < 4.78 is 68.4. The maximum Gasteiger partial charge on any atom is 0.291 e. The molecule has 0 radical (unpaired) electrons. The van der Waals surface area contributed by atoms with E-state index in [2.05, 4.69) is 19.9 Å². The van der Waals surface area contributed by atoms with Crippen LogP contribution >= 0.6 is 11.3 Å². The van der Waals surface area contributed by atoms with Crippen LogP contribution in [0.3, 0.4) is 0 Å². The molecule has 35 heavy (non-hydrogen) atoms. The number of aromatic nitrogens is 4. The van der Waals surface area contributed by atoms with Crippen molar-refractivity contribution in [1.29, 1.82) is 0 Å². The smallest absolute Gasteiger partial charge is 0.291 e. The van der Waals surface area contributed by atoms with Gasteiger partial charge in [-0.15, -0.1) is 10.2 Å². The first kappa shape index (κ1) is 24.4. The summed E-state index contributed by atoms with van der Waals surface area (Å²) >= 11 is 0.748. The Balaban J connectivity index is 1.65. The summed E-state index contributed by atoms with van der Waals surface area (Å²) in [7, 11) is -2.27. The van der Waals surface area contributed by atoms with Gasteiger partial charge in [0.2, 0.25) is 10.0 Å². The third-order valence-corrected chi connectivity index (χ3v) is 8.82. The number of hydrogen-bond acceptors (Lipinski definition) is 9. The second-order valence-corrected chi connectivity index (χ2v) is 11.9. The molecule has 1 aliphatic heterocycles. The van der Waals surface area contributed by atoms with E-state index >= 15 is 0 Å². The number of imidazole rings is 1. The minimum Gasteiger partial charge on any atom is -0.382 e. The molecule has 4 heterocycles. The molecular formula is C21H26F2N6O4S2. The van der Waals surface area contributed by atoms with E-state index in [1.807, 2.05) is 18.7 Å². The number of methoxy groups -OCH3 is 1. The number of sulfonamides is 1. The summed E-state index contributed by atoms with van der Waals surface area (Å²) in [5.74, 6) is 0. The molecule has 0 spiro atoms. The molecule has 0 aromatic carbocycles. The van der Waals surface area contributed by atoms with E-state index in [0.717, 1.165) is 24.2 Å².